The molecule has 0 radical (unpaired) electrons. The van der Waals surface area contributed by atoms with Crippen molar-refractivity contribution in [3.8, 4) is 0 Å². The maximum atomic E-state index is 9.55. The lowest BCUT2D eigenvalue weighted by Gasteiger charge is -2.33. The van der Waals surface area contributed by atoms with Crippen LogP contribution in [0.3, 0.4) is 0 Å². The summed E-state index contributed by atoms with van der Waals surface area (Å²) in [6.45, 7) is 10.9. The van der Waals surface area contributed by atoms with Gasteiger partial charge in [-0.25, -0.2) is 29.2 Å². The molecule has 6 N–H and O–H groups in total. The number of rotatable bonds is 6. The molecule has 11 nitrogen and oxygen atoms in total. The maximum Gasteiger partial charge on any atom is 0.328 e. The molecule has 0 unspecified atom stereocenters. The van der Waals surface area contributed by atoms with Crippen LogP contribution in [0.2, 0.25) is 0 Å². The van der Waals surface area contributed by atoms with Crippen LogP contribution in [0.1, 0.15) is 27.7 Å². The molecule has 1 rings (SSSR count). The second-order valence-corrected chi connectivity index (χ2v) is 6.21. The highest BCUT2D eigenvalue weighted by Gasteiger charge is 2.30. The summed E-state index contributed by atoms with van der Waals surface area (Å²) >= 11 is 0. The molecule has 0 aromatic carbocycles. The van der Waals surface area contributed by atoms with E-state index in [2.05, 4.69) is 37.7 Å². The number of nitrogens with two attached hydrogens (primary N) is 1. The van der Waals surface area contributed by atoms with Crippen LogP contribution in [0.15, 0.2) is 24.3 Å². The summed E-state index contributed by atoms with van der Waals surface area (Å²) in [5.74, 6) is -5.03. The molecule has 0 aliphatic carbocycles. The molecule has 160 valence electrons. The second kappa shape index (κ2) is 14.3. The van der Waals surface area contributed by atoms with E-state index in [1.54, 1.807) is 0 Å². The zero-order valence-corrected chi connectivity index (χ0v) is 16.3. The summed E-state index contributed by atoms with van der Waals surface area (Å²) < 4.78 is 0. The first-order chi connectivity index (χ1) is 12.8. The number of carbonyl (C=O) groups is 4. The van der Waals surface area contributed by atoms with Crippen molar-refractivity contribution >= 4 is 23.9 Å². The van der Waals surface area contributed by atoms with Crippen LogP contribution in [0.5, 0.6) is 0 Å². The summed E-state index contributed by atoms with van der Waals surface area (Å²) in [6, 6.07) is 1.47. The normalized spacial score (nSPS) is 15.4. The standard InChI is InChI=1S/C9H21N3.2C4H4O4/c1-7(2)11-5-9(10)6-12(11)8(3)4;2*5-3(6)1-2-4(7)8/h7-9H,5-6,10H2,1-4H3;2*1-2H,(H,5,6)(H,7,8)/b;2*2-1+. The van der Waals surface area contributed by atoms with Crippen molar-refractivity contribution in [3.05, 3.63) is 24.3 Å². The lowest BCUT2D eigenvalue weighted by Crippen LogP contribution is -2.44. The molecule has 0 saturated carbocycles. The number of carboxylic acid groups (broad SMARTS) is 4. The molecule has 0 aromatic rings. The fraction of sp³-hybridized carbons (Fsp3) is 0.529. The van der Waals surface area contributed by atoms with Gasteiger partial charge in [-0.1, -0.05) is 0 Å². The van der Waals surface area contributed by atoms with Crippen molar-refractivity contribution in [2.24, 2.45) is 5.73 Å². The van der Waals surface area contributed by atoms with Gasteiger partial charge in [-0.3, -0.25) is 0 Å². The number of carboxylic acids is 4. The van der Waals surface area contributed by atoms with E-state index in [-0.39, 0.29) is 0 Å². The van der Waals surface area contributed by atoms with E-state index in [0.717, 1.165) is 13.1 Å². The van der Waals surface area contributed by atoms with Crippen molar-refractivity contribution in [1.29, 1.82) is 0 Å². The monoisotopic (exact) mass is 403 g/mol. The molecule has 0 amide bonds. The quantitative estimate of drug-likeness (QED) is 0.379. The number of hydrogen-bond acceptors (Lipinski definition) is 7. The SMILES string of the molecule is CC(C)N1CC(N)CN1C(C)C.O=C(O)/C=C/C(=O)O.O=C(O)/C=C/C(=O)O. The van der Waals surface area contributed by atoms with E-state index < -0.39 is 23.9 Å². The summed E-state index contributed by atoms with van der Waals surface area (Å²) in [6.07, 6.45) is 2.23. The van der Waals surface area contributed by atoms with Crippen molar-refractivity contribution < 1.29 is 39.6 Å². The van der Waals surface area contributed by atoms with Gasteiger partial charge in [-0.2, -0.15) is 0 Å². The average molecular weight is 403 g/mol. The molecule has 1 saturated heterocycles. The number of nitrogens with zero attached hydrogens (tertiary/aromatic N) is 2. The Hall–Kier alpha value is -2.76. The van der Waals surface area contributed by atoms with Gasteiger partial charge in [0, 0.05) is 55.5 Å². The molecular formula is C17H29N3O8. The molecule has 0 bridgehead atoms. The smallest absolute Gasteiger partial charge is 0.328 e. The van der Waals surface area contributed by atoms with E-state index in [1.807, 2.05) is 0 Å². The van der Waals surface area contributed by atoms with Gasteiger partial charge in [-0.05, 0) is 27.7 Å². The predicted octanol–water partition coefficient (Wildman–Crippen LogP) is 0.0867. The van der Waals surface area contributed by atoms with E-state index in [0.29, 0.717) is 42.4 Å². The van der Waals surface area contributed by atoms with Crippen molar-refractivity contribution in [2.75, 3.05) is 13.1 Å². The van der Waals surface area contributed by atoms with E-state index >= 15 is 0 Å². The van der Waals surface area contributed by atoms with Gasteiger partial charge in [0.2, 0.25) is 0 Å². The van der Waals surface area contributed by atoms with E-state index in [9.17, 15) is 19.2 Å². The van der Waals surface area contributed by atoms with Gasteiger partial charge in [0.05, 0.1) is 0 Å². The van der Waals surface area contributed by atoms with Crippen LogP contribution < -0.4 is 5.73 Å². The van der Waals surface area contributed by atoms with Crippen LogP contribution in [0.25, 0.3) is 0 Å². The first-order valence-corrected chi connectivity index (χ1v) is 8.34. The Kier molecular flexibility index (Phi) is 14.0. The van der Waals surface area contributed by atoms with E-state index in [1.165, 1.54) is 0 Å². The topological polar surface area (TPSA) is 182 Å². The number of aliphatic carboxylic acids is 4. The van der Waals surface area contributed by atoms with Gasteiger partial charge in [-0.15, -0.1) is 0 Å². The zero-order chi connectivity index (χ0) is 22.4. The van der Waals surface area contributed by atoms with Gasteiger partial charge >= 0.3 is 23.9 Å². The summed E-state index contributed by atoms with van der Waals surface area (Å²) in [4.78, 5) is 38.2. The highest BCUT2D eigenvalue weighted by Crippen LogP contribution is 2.16. The van der Waals surface area contributed by atoms with Gasteiger partial charge < -0.3 is 26.2 Å². The third kappa shape index (κ3) is 15.5. The van der Waals surface area contributed by atoms with Crippen LogP contribution in [-0.4, -0.2) is 85.5 Å². The number of hydrogen-bond donors (Lipinski definition) is 5. The largest absolute Gasteiger partial charge is 0.478 e. The minimum Gasteiger partial charge on any atom is -0.478 e. The molecule has 28 heavy (non-hydrogen) atoms. The lowest BCUT2D eigenvalue weighted by molar-refractivity contribution is -0.134. The molecule has 1 fully saturated rings. The molecule has 1 aliphatic rings. The number of hydrazine groups is 1. The van der Waals surface area contributed by atoms with Crippen LogP contribution in [0.4, 0.5) is 0 Å². The van der Waals surface area contributed by atoms with Crippen molar-refractivity contribution in [2.45, 2.75) is 45.8 Å². The Morgan fingerprint density at radius 2 is 0.929 bits per heavy atom. The van der Waals surface area contributed by atoms with Crippen LogP contribution in [0, 0.1) is 0 Å². The fourth-order valence-corrected chi connectivity index (χ4v) is 2.05. The molecule has 1 heterocycles. The predicted molar refractivity (Wildman–Crippen MR) is 100 cm³/mol. The van der Waals surface area contributed by atoms with E-state index in [4.69, 9.17) is 26.2 Å². The summed E-state index contributed by atoms with van der Waals surface area (Å²) in [5, 5.41) is 36.0. The summed E-state index contributed by atoms with van der Waals surface area (Å²) in [5.41, 5.74) is 5.91. The van der Waals surface area contributed by atoms with Crippen LogP contribution in [-0.2, 0) is 19.2 Å². The minimum atomic E-state index is -1.26. The van der Waals surface area contributed by atoms with Crippen molar-refractivity contribution in [3.63, 3.8) is 0 Å². The molecular weight excluding hydrogens is 374 g/mol. The molecule has 0 aromatic heterocycles. The summed E-state index contributed by atoms with van der Waals surface area (Å²) in [7, 11) is 0. The molecule has 1 aliphatic heterocycles. The third-order valence-corrected chi connectivity index (χ3v) is 3.10. The van der Waals surface area contributed by atoms with Gasteiger partial charge in [0.15, 0.2) is 0 Å². The van der Waals surface area contributed by atoms with Gasteiger partial charge in [0.25, 0.3) is 0 Å². The fourth-order valence-electron chi connectivity index (χ4n) is 2.05. The highest BCUT2D eigenvalue weighted by atomic mass is 16.4. The van der Waals surface area contributed by atoms with Crippen molar-refractivity contribution in [1.82, 2.24) is 10.0 Å². The maximum absolute atomic E-state index is 9.55. The molecule has 11 heteroatoms. The van der Waals surface area contributed by atoms with Crippen LogP contribution >= 0.6 is 0 Å². The Morgan fingerprint density at radius 1 is 0.714 bits per heavy atom. The Labute approximate surface area is 163 Å². The minimum absolute atomic E-state index is 0.329. The molecule has 0 atom stereocenters. The Bertz CT molecular complexity index is 505. The Morgan fingerprint density at radius 3 is 1.07 bits per heavy atom. The highest BCUT2D eigenvalue weighted by molar-refractivity contribution is 5.90. The van der Waals surface area contributed by atoms with Gasteiger partial charge in [0.1, 0.15) is 0 Å². The Balaban J connectivity index is 0. The molecule has 0 spiro atoms. The zero-order valence-electron chi connectivity index (χ0n) is 16.3. The second-order valence-electron chi connectivity index (χ2n) is 6.21. The first kappa shape index (κ1) is 27.5. The average Bonchev–Trinajstić information content (AvgIpc) is 2.95. The third-order valence-electron chi connectivity index (χ3n) is 3.10. The first-order valence-electron chi connectivity index (χ1n) is 8.34. The lowest BCUT2D eigenvalue weighted by atomic mass is 10.3.